The Morgan fingerprint density at radius 3 is 2.20 bits per heavy atom. The average Bonchev–Trinajstić information content (AvgIpc) is 2.56. The zero-order chi connectivity index (χ0) is 18.6. The van der Waals surface area contributed by atoms with Gasteiger partial charge in [0.1, 0.15) is 0 Å². The lowest BCUT2D eigenvalue weighted by Crippen LogP contribution is -2.30. The predicted octanol–water partition coefficient (Wildman–Crippen LogP) is 3.93. The summed E-state index contributed by atoms with van der Waals surface area (Å²) in [5, 5.41) is 0.209. The average molecular weight is 381 g/mol. The molecule has 0 heterocycles. The van der Waals surface area contributed by atoms with Crippen molar-refractivity contribution >= 4 is 33.2 Å². The Labute approximate surface area is 153 Å². The number of rotatable bonds is 6. The highest BCUT2D eigenvalue weighted by Crippen LogP contribution is 2.24. The number of halogens is 1. The molecule has 134 valence electrons. The van der Waals surface area contributed by atoms with Crippen molar-refractivity contribution in [2.45, 2.75) is 25.7 Å². The normalized spacial score (nSPS) is 11.2. The number of benzene rings is 2. The second-order valence-electron chi connectivity index (χ2n) is 5.59. The fraction of sp³-hybridized carbons (Fsp3) is 0.278. The largest absolute Gasteiger partial charge is 0.339 e. The van der Waals surface area contributed by atoms with Gasteiger partial charge < -0.3 is 4.90 Å². The van der Waals surface area contributed by atoms with Gasteiger partial charge in [-0.25, -0.2) is 8.42 Å². The van der Waals surface area contributed by atoms with E-state index in [0.717, 1.165) is 5.56 Å². The molecular formula is C18H21ClN2O3S. The number of anilines is 1. The Morgan fingerprint density at radius 2 is 1.68 bits per heavy atom. The molecule has 0 aliphatic carbocycles. The minimum absolute atomic E-state index is 0.164. The van der Waals surface area contributed by atoms with E-state index in [1.165, 1.54) is 30.3 Å². The first-order chi connectivity index (χ1) is 11.8. The molecule has 1 N–H and O–H groups in total. The third-order valence-electron chi connectivity index (χ3n) is 3.83. The Kier molecular flexibility index (Phi) is 6.08. The van der Waals surface area contributed by atoms with Gasteiger partial charge in [-0.05, 0) is 51.1 Å². The van der Waals surface area contributed by atoms with Gasteiger partial charge in [0.2, 0.25) is 0 Å². The summed E-state index contributed by atoms with van der Waals surface area (Å²) in [4.78, 5) is 14.2. The SMILES string of the molecule is CCN(CC)C(=O)c1ccc(NS(=O)(=O)c2ccc(C)cc2)cc1Cl. The quantitative estimate of drug-likeness (QED) is 0.825. The van der Waals surface area contributed by atoms with Crippen LogP contribution in [0.5, 0.6) is 0 Å². The van der Waals surface area contributed by atoms with E-state index < -0.39 is 10.0 Å². The van der Waals surface area contributed by atoms with Crippen LogP contribution < -0.4 is 4.72 Å². The van der Waals surface area contributed by atoms with Crippen molar-refractivity contribution in [1.29, 1.82) is 0 Å². The molecule has 7 heteroatoms. The van der Waals surface area contributed by atoms with Gasteiger partial charge in [-0.15, -0.1) is 0 Å². The lowest BCUT2D eigenvalue weighted by Gasteiger charge is -2.19. The van der Waals surface area contributed by atoms with Gasteiger partial charge in [0.15, 0.2) is 0 Å². The van der Waals surface area contributed by atoms with Crippen LogP contribution in [0.15, 0.2) is 47.4 Å². The molecule has 2 rings (SSSR count). The molecular weight excluding hydrogens is 360 g/mol. The van der Waals surface area contributed by atoms with Crippen LogP contribution in [-0.2, 0) is 10.0 Å². The molecule has 0 atom stereocenters. The summed E-state index contributed by atoms with van der Waals surface area (Å²) >= 11 is 6.20. The van der Waals surface area contributed by atoms with Crippen LogP contribution in [0.1, 0.15) is 29.8 Å². The van der Waals surface area contributed by atoms with Crippen LogP contribution in [0.4, 0.5) is 5.69 Å². The van der Waals surface area contributed by atoms with Crippen LogP contribution in [0, 0.1) is 6.92 Å². The summed E-state index contributed by atoms with van der Waals surface area (Å²) in [6.07, 6.45) is 0. The highest BCUT2D eigenvalue weighted by molar-refractivity contribution is 7.92. The molecule has 0 radical (unpaired) electrons. The van der Waals surface area contributed by atoms with Gasteiger partial charge in [0, 0.05) is 13.1 Å². The topological polar surface area (TPSA) is 66.5 Å². The molecule has 25 heavy (non-hydrogen) atoms. The highest BCUT2D eigenvalue weighted by Gasteiger charge is 2.18. The van der Waals surface area contributed by atoms with Crippen molar-refractivity contribution in [3.05, 3.63) is 58.6 Å². The van der Waals surface area contributed by atoms with Crippen LogP contribution in [0.25, 0.3) is 0 Å². The molecule has 0 aromatic heterocycles. The molecule has 0 aliphatic heterocycles. The summed E-state index contributed by atoms with van der Waals surface area (Å²) in [5.41, 5.74) is 1.63. The Morgan fingerprint density at radius 1 is 1.08 bits per heavy atom. The molecule has 0 bridgehead atoms. The maximum absolute atomic E-state index is 12.4. The van der Waals surface area contributed by atoms with Crippen molar-refractivity contribution in [2.75, 3.05) is 17.8 Å². The smallest absolute Gasteiger partial charge is 0.261 e. The number of sulfonamides is 1. The van der Waals surface area contributed by atoms with Crippen molar-refractivity contribution in [1.82, 2.24) is 4.90 Å². The maximum atomic E-state index is 12.4. The lowest BCUT2D eigenvalue weighted by atomic mass is 10.2. The Hall–Kier alpha value is -2.05. The van der Waals surface area contributed by atoms with Crippen LogP contribution in [0.3, 0.4) is 0 Å². The first kappa shape index (κ1) is 19.3. The minimum atomic E-state index is -3.71. The first-order valence-electron chi connectivity index (χ1n) is 7.96. The zero-order valence-corrected chi connectivity index (χ0v) is 16.0. The first-order valence-corrected chi connectivity index (χ1v) is 9.83. The molecule has 0 saturated heterocycles. The molecule has 0 unspecified atom stereocenters. The van der Waals surface area contributed by atoms with E-state index in [1.807, 2.05) is 20.8 Å². The maximum Gasteiger partial charge on any atom is 0.261 e. The third kappa shape index (κ3) is 4.52. The van der Waals surface area contributed by atoms with Crippen molar-refractivity contribution in [3.8, 4) is 0 Å². The number of aryl methyl sites for hydroxylation is 1. The number of nitrogens with one attached hydrogen (secondary N) is 1. The number of amides is 1. The second kappa shape index (κ2) is 7.89. The fourth-order valence-corrected chi connectivity index (χ4v) is 3.68. The van der Waals surface area contributed by atoms with Gasteiger partial charge in [-0.3, -0.25) is 9.52 Å². The van der Waals surface area contributed by atoms with E-state index in [0.29, 0.717) is 24.3 Å². The molecule has 0 spiro atoms. The summed E-state index contributed by atoms with van der Waals surface area (Å²) in [7, 11) is -3.71. The van der Waals surface area contributed by atoms with E-state index in [9.17, 15) is 13.2 Å². The highest BCUT2D eigenvalue weighted by atomic mass is 35.5. The summed E-state index contributed by atoms with van der Waals surface area (Å²) < 4.78 is 27.3. The lowest BCUT2D eigenvalue weighted by molar-refractivity contribution is 0.0773. The molecule has 0 aliphatic rings. The second-order valence-corrected chi connectivity index (χ2v) is 7.68. The Balaban J connectivity index is 2.26. The predicted molar refractivity (Wildman–Crippen MR) is 101 cm³/mol. The molecule has 2 aromatic rings. The summed E-state index contributed by atoms with van der Waals surface area (Å²) in [5.74, 6) is -0.178. The van der Waals surface area contributed by atoms with E-state index >= 15 is 0 Å². The van der Waals surface area contributed by atoms with Crippen LogP contribution >= 0.6 is 11.6 Å². The zero-order valence-electron chi connectivity index (χ0n) is 14.4. The number of nitrogens with zero attached hydrogens (tertiary/aromatic N) is 1. The Bertz CT molecular complexity index is 860. The van der Waals surface area contributed by atoms with Crippen molar-refractivity contribution < 1.29 is 13.2 Å². The monoisotopic (exact) mass is 380 g/mol. The van der Waals surface area contributed by atoms with Crippen LogP contribution in [0.2, 0.25) is 5.02 Å². The third-order valence-corrected chi connectivity index (χ3v) is 5.54. The summed E-state index contributed by atoms with van der Waals surface area (Å²) in [6.45, 7) is 6.81. The number of carbonyl (C=O) groups is 1. The van der Waals surface area contributed by atoms with Gasteiger partial charge in [0.05, 0.1) is 21.2 Å². The molecule has 5 nitrogen and oxygen atoms in total. The fourth-order valence-electron chi connectivity index (χ4n) is 2.36. The van der Waals surface area contributed by atoms with E-state index in [-0.39, 0.29) is 15.8 Å². The van der Waals surface area contributed by atoms with Gasteiger partial charge >= 0.3 is 0 Å². The number of hydrogen-bond donors (Lipinski definition) is 1. The van der Waals surface area contributed by atoms with E-state index in [1.54, 1.807) is 17.0 Å². The minimum Gasteiger partial charge on any atom is -0.339 e. The van der Waals surface area contributed by atoms with E-state index in [4.69, 9.17) is 11.6 Å². The summed E-state index contributed by atoms with van der Waals surface area (Å²) in [6, 6.07) is 11.1. The van der Waals surface area contributed by atoms with Gasteiger partial charge in [-0.2, -0.15) is 0 Å². The standard InChI is InChI=1S/C18H21ClN2O3S/c1-4-21(5-2)18(22)16-11-8-14(12-17(16)19)20-25(23,24)15-9-6-13(3)7-10-15/h6-12,20H,4-5H2,1-3H3. The van der Waals surface area contributed by atoms with Gasteiger partial charge in [0.25, 0.3) is 15.9 Å². The van der Waals surface area contributed by atoms with Crippen molar-refractivity contribution in [2.24, 2.45) is 0 Å². The molecule has 0 fully saturated rings. The van der Waals surface area contributed by atoms with E-state index in [2.05, 4.69) is 4.72 Å². The molecule has 2 aromatic carbocycles. The number of carbonyl (C=O) groups excluding carboxylic acids is 1. The van der Waals surface area contributed by atoms with Crippen molar-refractivity contribution in [3.63, 3.8) is 0 Å². The molecule has 0 saturated carbocycles. The van der Waals surface area contributed by atoms with Gasteiger partial charge in [-0.1, -0.05) is 29.3 Å². The number of hydrogen-bond acceptors (Lipinski definition) is 3. The van der Waals surface area contributed by atoms with Crippen LogP contribution in [-0.4, -0.2) is 32.3 Å². The molecule has 1 amide bonds.